The number of hydrogen-bond acceptors (Lipinski definition) is 3. The lowest BCUT2D eigenvalue weighted by Gasteiger charge is -2.10. The fraction of sp³-hybridized carbons (Fsp3) is 0.364. The van der Waals surface area contributed by atoms with E-state index < -0.39 is 0 Å². The molecule has 1 amide bonds. The van der Waals surface area contributed by atoms with Crippen LogP contribution in [0.3, 0.4) is 0 Å². The van der Waals surface area contributed by atoms with E-state index in [0.717, 1.165) is 12.8 Å². The second kappa shape index (κ2) is 5.76. The van der Waals surface area contributed by atoms with Gasteiger partial charge in [-0.05, 0) is 6.42 Å². The lowest BCUT2D eigenvalue weighted by atomic mass is 10.2. The zero-order valence-corrected chi connectivity index (χ0v) is 8.60. The van der Waals surface area contributed by atoms with Crippen LogP contribution in [-0.4, -0.2) is 21.9 Å². The molecule has 0 aliphatic carbocycles. The first kappa shape index (κ1) is 11.2. The summed E-state index contributed by atoms with van der Waals surface area (Å²) in [6.45, 7) is 2.01. The Morgan fingerprint density at radius 1 is 1.67 bits per heavy atom. The first-order valence-corrected chi connectivity index (χ1v) is 4.81. The normalized spacial score (nSPS) is 11.5. The van der Waals surface area contributed by atoms with Crippen LogP contribution in [0.25, 0.3) is 0 Å². The van der Waals surface area contributed by atoms with Gasteiger partial charge in [-0.25, -0.2) is 4.98 Å². The Hall–Kier alpha value is -1.89. The molecule has 4 nitrogen and oxygen atoms in total. The number of nitrogens with one attached hydrogen (secondary N) is 1. The van der Waals surface area contributed by atoms with E-state index in [9.17, 15) is 4.79 Å². The van der Waals surface area contributed by atoms with E-state index in [1.807, 2.05) is 6.92 Å². The number of aromatic nitrogens is 2. The maximum atomic E-state index is 11.6. The summed E-state index contributed by atoms with van der Waals surface area (Å²) in [5.74, 6) is 2.25. The fourth-order valence-corrected chi connectivity index (χ4v) is 1.13. The van der Waals surface area contributed by atoms with E-state index in [-0.39, 0.29) is 17.6 Å². The number of carbonyl (C=O) groups is 1. The molecule has 1 N–H and O–H groups in total. The van der Waals surface area contributed by atoms with E-state index in [2.05, 4.69) is 21.2 Å². The summed E-state index contributed by atoms with van der Waals surface area (Å²) in [4.78, 5) is 19.3. The molecule has 15 heavy (non-hydrogen) atoms. The number of carbonyl (C=O) groups excluding carboxylic acids is 1. The van der Waals surface area contributed by atoms with E-state index in [0.29, 0.717) is 0 Å². The average Bonchev–Trinajstić information content (AvgIpc) is 2.29. The van der Waals surface area contributed by atoms with E-state index in [1.165, 1.54) is 18.6 Å². The molecular weight excluding hydrogens is 190 g/mol. The number of nitrogens with zero attached hydrogens (tertiary/aromatic N) is 2. The van der Waals surface area contributed by atoms with Gasteiger partial charge in [-0.3, -0.25) is 9.78 Å². The average molecular weight is 203 g/mol. The lowest BCUT2D eigenvalue weighted by molar-refractivity contribution is 0.0939. The van der Waals surface area contributed by atoms with Crippen molar-refractivity contribution in [2.45, 2.75) is 25.8 Å². The molecule has 1 heterocycles. The molecule has 0 fully saturated rings. The maximum absolute atomic E-state index is 11.6. The molecule has 0 aliphatic heterocycles. The van der Waals surface area contributed by atoms with Gasteiger partial charge in [0.2, 0.25) is 0 Å². The highest BCUT2D eigenvalue weighted by Crippen LogP contribution is 1.97. The molecule has 0 saturated heterocycles. The van der Waals surface area contributed by atoms with Gasteiger partial charge in [0.05, 0.1) is 12.2 Å². The Morgan fingerprint density at radius 3 is 3.00 bits per heavy atom. The zero-order valence-electron chi connectivity index (χ0n) is 8.60. The molecule has 1 rings (SSSR count). The minimum atomic E-state index is -0.278. The molecule has 4 heteroatoms. The lowest BCUT2D eigenvalue weighted by Crippen LogP contribution is -2.34. The van der Waals surface area contributed by atoms with Crippen LogP contribution in [0, 0.1) is 12.3 Å². The Balaban J connectivity index is 2.60. The van der Waals surface area contributed by atoms with Crippen LogP contribution in [0.4, 0.5) is 0 Å². The highest BCUT2D eigenvalue weighted by Gasteiger charge is 2.11. The maximum Gasteiger partial charge on any atom is 0.272 e. The van der Waals surface area contributed by atoms with Crippen molar-refractivity contribution in [2.24, 2.45) is 0 Å². The second-order valence-corrected chi connectivity index (χ2v) is 3.07. The van der Waals surface area contributed by atoms with Gasteiger partial charge in [-0.2, -0.15) is 0 Å². The molecule has 1 aromatic rings. The molecule has 0 aliphatic rings. The van der Waals surface area contributed by atoms with Crippen molar-refractivity contribution >= 4 is 5.91 Å². The van der Waals surface area contributed by atoms with Crippen molar-refractivity contribution in [3.05, 3.63) is 24.3 Å². The van der Waals surface area contributed by atoms with E-state index in [4.69, 9.17) is 6.42 Å². The topological polar surface area (TPSA) is 54.9 Å². The van der Waals surface area contributed by atoms with Crippen LogP contribution in [0.5, 0.6) is 0 Å². The third-order valence-corrected chi connectivity index (χ3v) is 1.88. The van der Waals surface area contributed by atoms with Crippen LogP contribution in [-0.2, 0) is 0 Å². The van der Waals surface area contributed by atoms with E-state index >= 15 is 0 Å². The van der Waals surface area contributed by atoms with Crippen molar-refractivity contribution in [2.75, 3.05) is 0 Å². The van der Waals surface area contributed by atoms with Gasteiger partial charge in [-0.1, -0.05) is 19.3 Å². The van der Waals surface area contributed by atoms with Crippen molar-refractivity contribution in [3.8, 4) is 12.3 Å². The van der Waals surface area contributed by atoms with E-state index in [1.54, 1.807) is 0 Å². The quantitative estimate of drug-likeness (QED) is 0.743. The Labute approximate surface area is 89.1 Å². The monoisotopic (exact) mass is 203 g/mol. The predicted molar refractivity (Wildman–Crippen MR) is 57.0 cm³/mol. The van der Waals surface area contributed by atoms with Crippen LogP contribution in [0.1, 0.15) is 30.3 Å². The summed E-state index contributed by atoms with van der Waals surface area (Å²) in [6.07, 6.45) is 11.4. The summed E-state index contributed by atoms with van der Waals surface area (Å²) in [5.41, 5.74) is 0.286. The SMILES string of the molecule is C#CC(CCC)NC(=O)c1cnccn1. The van der Waals surface area contributed by atoms with Crippen molar-refractivity contribution in [1.82, 2.24) is 15.3 Å². The summed E-state index contributed by atoms with van der Waals surface area (Å²) >= 11 is 0. The van der Waals surface area contributed by atoms with Crippen molar-refractivity contribution in [3.63, 3.8) is 0 Å². The smallest absolute Gasteiger partial charge is 0.272 e. The van der Waals surface area contributed by atoms with Gasteiger partial charge in [0.1, 0.15) is 5.69 Å². The number of rotatable bonds is 4. The third kappa shape index (κ3) is 3.39. The molecular formula is C11H13N3O. The van der Waals surface area contributed by atoms with Gasteiger partial charge in [0, 0.05) is 12.4 Å². The molecule has 0 bridgehead atoms. The van der Waals surface area contributed by atoms with Gasteiger partial charge in [0.25, 0.3) is 5.91 Å². The summed E-state index contributed by atoms with van der Waals surface area (Å²) in [5, 5.41) is 2.71. The molecule has 1 atom stereocenters. The van der Waals surface area contributed by atoms with Gasteiger partial charge in [-0.15, -0.1) is 6.42 Å². The van der Waals surface area contributed by atoms with Crippen molar-refractivity contribution < 1.29 is 4.79 Å². The summed E-state index contributed by atoms with van der Waals surface area (Å²) < 4.78 is 0. The number of terminal acetylenes is 1. The minimum absolute atomic E-state index is 0.232. The van der Waals surface area contributed by atoms with Gasteiger partial charge >= 0.3 is 0 Å². The molecule has 0 aromatic carbocycles. The van der Waals surface area contributed by atoms with Gasteiger partial charge < -0.3 is 5.32 Å². The molecule has 1 unspecified atom stereocenters. The Kier molecular flexibility index (Phi) is 4.30. The number of amides is 1. The fourth-order valence-electron chi connectivity index (χ4n) is 1.13. The largest absolute Gasteiger partial charge is 0.337 e. The number of hydrogen-bond donors (Lipinski definition) is 1. The predicted octanol–water partition coefficient (Wildman–Crippen LogP) is 1.01. The molecule has 1 aromatic heterocycles. The van der Waals surface area contributed by atoms with Crippen LogP contribution >= 0.6 is 0 Å². The van der Waals surface area contributed by atoms with Crippen LogP contribution in [0.15, 0.2) is 18.6 Å². The zero-order chi connectivity index (χ0) is 11.1. The first-order valence-electron chi connectivity index (χ1n) is 4.81. The standard InChI is InChI=1S/C11H13N3O/c1-3-5-9(4-2)14-11(15)10-8-12-6-7-13-10/h2,6-9H,3,5H2,1H3,(H,14,15). The molecule has 0 radical (unpaired) electrons. The molecule has 0 saturated carbocycles. The highest BCUT2D eigenvalue weighted by molar-refractivity contribution is 5.92. The Bertz CT molecular complexity index is 356. The van der Waals surface area contributed by atoms with Crippen molar-refractivity contribution in [1.29, 1.82) is 0 Å². The van der Waals surface area contributed by atoms with Crippen LogP contribution < -0.4 is 5.32 Å². The molecule has 0 spiro atoms. The minimum Gasteiger partial charge on any atom is -0.337 e. The van der Waals surface area contributed by atoms with Gasteiger partial charge in [0.15, 0.2) is 0 Å². The summed E-state index contributed by atoms with van der Waals surface area (Å²) in [7, 11) is 0. The highest BCUT2D eigenvalue weighted by atomic mass is 16.1. The second-order valence-electron chi connectivity index (χ2n) is 3.07. The molecule has 78 valence electrons. The third-order valence-electron chi connectivity index (χ3n) is 1.88. The first-order chi connectivity index (χ1) is 7.27. The Morgan fingerprint density at radius 2 is 2.47 bits per heavy atom. The summed E-state index contributed by atoms with van der Waals surface area (Å²) in [6, 6.07) is -0.232. The van der Waals surface area contributed by atoms with Crippen LogP contribution in [0.2, 0.25) is 0 Å².